The molecule has 0 radical (unpaired) electrons. The van der Waals surface area contributed by atoms with Crippen LogP contribution in [0.4, 0.5) is 5.82 Å². The molecule has 1 aliphatic heterocycles. The summed E-state index contributed by atoms with van der Waals surface area (Å²) in [5.74, 6) is 1.61. The molecule has 1 aromatic heterocycles. The van der Waals surface area contributed by atoms with Gasteiger partial charge in [0.05, 0.1) is 6.10 Å². The summed E-state index contributed by atoms with van der Waals surface area (Å²) in [7, 11) is 0. The van der Waals surface area contributed by atoms with Crippen molar-refractivity contribution < 1.29 is 4.74 Å². The molecule has 2 rings (SSSR count). The molecule has 1 fully saturated rings. The minimum atomic E-state index is 0.332. The third kappa shape index (κ3) is 3.14. The van der Waals surface area contributed by atoms with Crippen molar-refractivity contribution in [2.75, 3.05) is 18.5 Å². The fourth-order valence-electron chi connectivity index (χ4n) is 1.65. The van der Waals surface area contributed by atoms with E-state index in [0.29, 0.717) is 6.10 Å². The van der Waals surface area contributed by atoms with Crippen LogP contribution in [0, 0.1) is 6.92 Å². The van der Waals surface area contributed by atoms with Crippen molar-refractivity contribution >= 4 is 21.7 Å². The van der Waals surface area contributed by atoms with Crippen LogP contribution in [0.5, 0.6) is 0 Å². The summed E-state index contributed by atoms with van der Waals surface area (Å²) in [6, 6.07) is 1.88. The molecule has 0 aliphatic carbocycles. The van der Waals surface area contributed by atoms with Crippen LogP contribution in [0.3, 0.4) is 0 Å². The Balaban J connectivity index is 1.92. The van der Waals surface area contributed by atoms with Crippen molar-refractivity contribution in [3.63, 3.8) is 0 Å². The molecule has 1 aromatic rings. The van der Waals surface area contributed by atoms with Gasteiger partial charge in [-0.1, -0.05) is 0 Å². The van der Waals surface area contributed by atoms with E-state index in [-0.39, 0.29) is 0 Å². The minimum absolute atomic E-state index is 0.332. The van der Waals surface area contributed by atoms with E-state index < -0.39 is 0 Å². The van der Waals surface area contributed by atoms with Gasteiger partial charge in [0, 0.05) is 19.2 Å². The molecule has 0 bridgehead atoms. The lowest BCUT2D eigenvalue weighted by Gasteiger charge is -2.11. The van der Waals surface area contributed by atoms with Gasteiger partial charge in [-0.2, -0.15) is 0 Å². The Morgan fingerprint density at radius 3 is 3.13 bits per heavy atom. The molecule has 0 aromatic carbocycles. The zero-order valence-electron chi connectivity index (χ0n) is 8.66. The lowest BCUT2D eigenvalue weighted by Crippen LogP contribution is -2.19. The first kappa shape index (κ1) is 10.8. The molecule has 15 heavy (non-hydrogen) atoms. The molecular weight excluding hydrogens is 258 g/mol. The normalized spacial score (nSPS) is 20.5. The SMILES string of the molecule is Cc1nc(Br)cc(NCC2CCCO2)n1. The molecule has 1 aliphatic rings. The number of nitrogens with zero attached hydrogens (tertiary/aromatic N) is 2. The Labute approximate surface area is 97.6 Å². The fraction of sp³-hybridized carbons (Fsp3) is 0.600. The van der Waals surface area contributed by atoms with Gasteiger partial charge in [0.1, 0.15) is 16.2 Å². The maximum Gasteiger partial charge on any atom is 0.130 e. The molecule has 0 amide bonds. The molecule has 0 saturated carbocycles. The first-order chi connectivity index (χ1) is 7.24. The Morgan fingerprint density at radius 1 is 1.60 bits per heavy atom. The Bertz CT molecular complexity index is 319. The van der Waals surface area contributed by atoms with Gasteiger partial charge >= 0.3 is 0 Å². The molecular formula is C10H14BrN3O. The second-order valence-electron chi connectivity index (χ2n) is 3.64. The van der Waals surface area contributed by atoms with Crippen molar-refractivity contribution in [2.24, 2.45) is 0 Å². The number of ether oxygens (including phenoxy) is 1. The third-order valence-electron chi connectivity index (χ3n) is 2.34. The third-order valence-corrected chi connectivity index (χ3v) is 2.75. The number of rotatable bonds is 3. The molecule has 1 saturated heterocycles. The van der Waals surface area contributed by atoms with Crippen LogP contribution in [0.25, 0.3) is 0 Å². The number of aromatic nitrogens is 2. The summed E-state index contributed by atoms with van der Waals surface area (Å²) in [5.41, 5.74) is 0. The van der Waals surface area contributed by atoms with Gasteiger partial charge in [-0.3, -0.25) is 0 Å². The number of nitrogens with one attached hydrogen (secondary N) is 1. The summed E-state index contributed by atoms with van der Waals surface area (Å²) in [6.45, 7) is 3.59. The largest absolute Gasteiger partial charge is 0.376 e. The van der Waals surface area contributed by atoms with E-state index in [0.717, 1.165) is 35.8 Å². The highest BCUT2D eigenvalue weighted by molar-refractivity contribution is 9.10. The van der Waals surface area contributed by atoms with Gasteiger partial charge in [0.2, 0.25) is 0 Å². The van der Waals surface area contributed by atoms with E-state index >= 15 is 0 Å². The molecule has 0 spiro atoms. The van der Waals surface area contributed by atoms with E-state index in [9.17, 15) is 0 Å². The highest BCUT2D eigenvalue weighted by Crippen LogP contribution is 2.15. The average Bonchev–Trinajstić information content (AvgIpc) is 2.65. The summed E-state index contributed by atoms with van der Waals surface area (Å²) >= 11 is 3.34. The standard InChI is InChI=1S/C10H14BrN3O/c1-7-13-9(11)5-10(14-7)12-6-8-3-2-4-15-8/h5,8H,2-4,6H2,1H3,(H,12,13,14). The van der Waals surface area contributed by atoms with Crippen molar-refractivity contribution in [3.8, 4) is 0 Å². The van der Waals surface area contributed by atoms with Crippen LogP contribution < -0.4 is 5.32 Å². The minimum Gasteiger partial charge on any atom is -0.376 e. The van der Waals surface area contributed by atoms with Crippen molar-refractivity contribution in [1.82, 2.24) is 9.97 Å². The smallest absolute Gasteiger partial charge is 0.130 e. The second-order valence-corrected chi connectivity index (χ2v) is 4.45. The first-order valence-electron chi connectivity index (χ1n) is 5.11. The van der Waals surface area contributed by atoms with E-state index in [4.69, 9.17) is 4.74 Å². The molecule has 2 heterocycles. The van der Waals surface area contributed by atoms with Crippen molar-refractivity contribution in [1.29, 1.82) is 0 Å². The summed E-state index contributed by atoms with van der Waals surface area (Å²) in [5, 5.41) is 3.26. The van der Waals surface area contributed by atoms with Crippen LogP contribution >= 0.6 is 15.9 Å². The molecule has 82 valence electrons. The van der Waals surface area contributed by atoms with Gasteiger partial charge in [-0.15, -0.1) is 0 Å². The van der Waals surface area contributed by atoms with Gasteiger partial charge in [0.25, 0.3) is 0 Å². The summed E-state index contributed by atoms with van der Waals surface area (Å²) < 4.78 is 6.33. The summed E-state index contributed by atoms with van der Waals surface area (Å²) in [4.78, 5) is 8.44. The maximum atomic E-state index is 5.52. The predicted molar refractivity (Wildman–Crippen MR) is 61.9 cm³/mol. The Morgan fingerprint density at radius 2 is 2.47 bits per heavy atom. The number of hydrogen-bond donors (Lipinski definition) is 1. The van der Waals surface area contributed by atoms with Crippen LogP contribution in [-0.4, -0.2) is 29.2 Å². The topological polar surface area (TPSA) is 47.0 Å². The van der Waals surface area contributed by atoms with Gasteiger partial charge in [0.15, 0.2) is 0 Å². The highest BCUT2D eigenvalue weighted by atomic mass is 79.9. The second kappa shape index (κ2) is 4.90. The van der Waals surface area contributed by atoms with E-state index in [2.05, 4.69) is 31.2 Å². The number of hydrogen-bond acceptors (Lipinski definition) is 4. The Hall–Kier alpha value is -0.680. The number of aryl methyl sites for hydroxylation is 1. The van der Waals surface area contributed by atoms with Crippen LogP contribution in [0.15, 0.2) is 10.7 Å². The number of anilines is 1. The molecule has 5 heteroatoms. The van der Waals surface area contributed by atoms with E-state index in [1.807, 2.05) is 13.0 Å². The lowest BCUT2D eigenvalue weighted by molar-refractivity contribution is 0.120. The van der Waals surface area contributed by atoms with Crippen molar-refractivity contribution in [2.45, 2.75) is 25.9 Å². The highest BCUT2D eigenvalue weighted by Gasteiger charge is 2.15. The van der Waals surface area contributed by atoms with Crippen LogP contribution in [0.2, 0.25) is 0 Å². The summed E-state index contributed by atoms with van der Waals surface area (Å²) in [6.07, 6.45) is 2.64. The van der Waals surface area contributed by atoms with Crippen LogP contribution in [0.1, 0.15) is 18.7 Å². The van der Waals surface area contributed by atoms with Gasteiger partial charge in [-0.25, -0.2) is 9.97 Å². The van der Waals surface area contributed by atoms with Crippen molar-refractivity contribution in [3.05, 3.63) is 16.5 Å². The monoisotopic (exact) mass is 271 g/mol. The predicted octanol–water partition coefficient (Wildman–Crippen LogP) is 2.14. The van der Waals surface area contributed by atoms with E-state index in [1.165, 1.54) is 6.42 Å². The maximum absolute atomic E-state index is 5.52. The molecule has 4 nitrogen and oxygen atoms in total. The van der Waals surface area contributed by atoms with Gasteiger partial charge in [-0.05, 0) is 35.7 Å². The zero-order valence-corrected chi connectivity index (χ0v) is 10.2. The first-order valence-corrected chi connectivity index (χ1v) is 5.90. The van der Waals surface area contributed by atoms with E-state index in [1.54, 1.807) is 0 Å². The lowest BCUT2D eigenvalue weighted by atomic mass is 10.2. The number of halogens is 1. The Kier molecular flexibility index (Phi) is 3.53. The molecule has 1 unspecified atom stereocenters. The molecule has 1 atom stereocenters. The van der Waals surface area contributed by atoms with Crippen LogP contribution in [-0.2, 0) is 4.74 Å². The van der Waals surface area contributed by atoms with Gasteiger partial charge < -0.3 is 10.1 Å². The zero-order chi connectivity index (χ0) is 10.7. The molecule has 1 N–H and O–H groups in total. The quantitative estimate of drug-likeness (QED) is 0.856. The average molecular weight is 272 g/mol. The fourth-order valence-corrected chi connectivity index (χ4v) is 2.12.